The molecular weight excluding hydrogens is 240 g/mol. The molecule has 1 aromatic rings. The molecule has 0 radical (unpaired) electrons. The molecular formula is C10H16N4O4. The molecule has 0 fully saturated rings. The van der Waals surface area contributed by atoms with Gasteiger partial charge in [-0.25, -0.2) is 4.79 Å². The number of carbonyl (C=O) groups excluding carboxylic acids is 1. The summed E-state index contributed by atoms with van der Waals surface area (Å²) in [6, 6.07) is -0.884. The van der Waals surface area contributed by atoms with Gasteiger partial charge in [0.1, 0.15) is 6.04 Å². The van der Waals surface area contributed by atoms with E-state index in [1.165, 1.54) is 18.0 Å². The highest BCUT2D eigenvalue weighted by Crippen LogP contribution is 2.08. The summed E-state index contributed by atoms with van der Waals surface area (Å²) in [5, 5.41) is 15.0. The minimum atomic E-state index is -1.15. The lowest BCUT2D eigenvalue weighted by molar-refractivity contribution is -0.148. The second kappa shape index (κ2) is 6.12. The molecule has 8 nitrogen and oxygen atoms in total. The first-order valence-electron chi connectivity index (χ1n) is 5.23. The monoisotopic (exact) mass is 256 g/mol. The lowest BCUT2D eigenvalue weighted by Gasteiger charge is -2.14. The highest BCUT2D eigenvalue weighted by atomic mass is 16.5. The molecule has 8 heteroatoms. The quantitative estimate of drug-likeness (QED) is 0.578. The average Bonchev–Trinajstić information content (AvgIpc) is 2.75. The molecule has 18 heavy (non-hydrogen) atoms. The summed E-state index contributed by atoms with van der Waals surface area (Å²) in [4.78, 5) is 22.3. The van der Waals surface area contributed by atoms with Gasteiger partial charge in [-0.2, -0.15) is 5.10 Å². The summed E-state index contributed by atoms with van der Waals surface area (Å²) in [5.41, 5.74) is 6.26. The number of nitrogens with zero attached hydrogens (tertiary/aromatic N) is 2. The van der Waals surface area contributed by atoms with Crippen molar-refractivity contribution in [2.75, 3.05) is 13.7 Å². The molecule has 0 aliphatic carbocycles. The second-order valence-corrected chi connectivity index (χ2v) is 3.73. The zero-order valence-electron chi connectivity index (χ0n) is 10.2. The van der Waals surface area contributed by atoms with Crippen molar-refractivity contribution < 1.29 is 19.4 Å². The van der Waals surface area contributed by atoms with Crippen LogP contribution in [0.25, 0.3) is 0 Å². The van der Waals surface area contributed by atoms with Gasteiger partial charge in [-0.05, 0) is 0 Å². The van der Waals surface area contributed by atoms with Crippen molar-refractivity contribution in [1.82, 2.24) is 15.1 Å². The number of hydrogen-bond donors (Lipinski definition) is 3. The second-order valence-electron chi connectivity index (χ2n) is 3.73. The molecule has 0 bridgehead atoms. The number of carboxylic acids is 1. The first-order chi connectivity index (χ1) is 8.45. The predicted molar refractivity (Wildman–Crippen MR) is 61.6 cm³/mol. The Balaban J connectivity index is 2.53. The molecule has 4 N–H and O–H groups in total. The highest BCUT2D eigenvalue weighted by molar-refractivity contribution is 5.83. The first kappa shape index (κ1) is 14.1. The van der Waals surface area contributed by atoms with Crippen LogP contribution in [0.1, 0.15) is 11.6 Å². The molecule has 100 valence electrons. The van der Waals surface area contributed by atoms with E-state index in [0.717, 1.165) is 0 Å². The molecule has 1 amide bonds. The van der Waals surface area contributed by atoms with Crippen LogP contribution in [0.5, 0.6) is 0 Å². The number of methoxy groups -OCH3 is 1. The SMILES string of the molecule is COC(CNC(=O)C(N)c1cnn(C)c1)C(=O)O. The maximum absolute atomic E-state index is 11.7. The third-order valence-electron chi connectivity index (χ3n) is 2.39. The van der Waals surface area contributed by atoms with Gasteiger partial charge in [-0.1, -0.05) is 0 Å². The fourth-order valence-electron chi connectivity index (χ4n) is 1.33. The van der Waals surface area contributed by atoms with Crippen LogP contribution in [0.3, 0.4) is 0 Å². The number of ether oxygens (including phenoxy) is 1. The molecule has 0 saturated heterocycles. The van der Waals surface area contributed by atoms with E-state index in [1.54, 1.807) is 13.2 Å². The van der Waals surface area contributed by atoms with Crippen LogP contribution in [-0.4, -0.2) is 46.5 Å². The Kier molecular flexibility index (Phi) is 4.81. The van der Waals surface area contributed by atoms with Crippen LogP contribution >= 0.6 is 0 Å². The number of carbonyl (C=O) groups is 2. The normalized spacial score (nSPS) is 13.9. The zero-order valence-corrected chi connectivity index (χ0v) is 10.2. The number of aliphatic carboxylic acids is 1. The lowest BCUT2D eigenvalue weighted by Crippen LogP contribution is -2.41. The number of nitrogens with two attached hydrogens (primary N) is 1. The van der Waals surface area contributed by atoms with Crippen LogP contribution in [0.4, 0.5) is 0 Å². The summed E-state index contributed by atoms with van der Waals surface area (Å²) in [5.74, 6) is -1.63. The van der Waals surface area contributed by atoms with Gasteiger partial charge in [0.05, 0.1) is 12.7 Å². The minimum Gasteiger partial charge on any atom is -0.479 e. The Morgan fingerprint density at radius 1 is 1.67 bits per heavy atom. The van der Waals surface area contributed by atoms with Crippen LogP contribution in [-0.2, 0) is 21.4 Å². The molecule has 0 aromatic carbocycles. The first-order valence-corrected chi connectivity index (χ1v) is 5.23. The number of nitrogens with one attached hydrogen (secondary N) is 1. The van der Waals surface area contributed by atoms with Crippen molar-refractivity contribution in [3.05, 3.63) is 18.0 Å². The third-order valence-corrected chi connectivity index (χ3v) is 2.39. The van der Waals surface area contributed by atoms with Crippen molar-refractivity contribution >= 4 is 11.9 Å². The Labute approximate surface area is 104 Å². The van der Waals surface area contributed by atoms with Gasteiger partial charge in [0.2, 0.25) is 5.91 Å². The number of aromatic nitrogens is 2. The maximum Gasteiger partial charge on any atom is 0.334 e. The van der Waals surface area contributed by atoms with E-state index < -0.39 is 24.0 Å². The van der Waals surface area contributed by atoms with Crippen molar-refractivity contribution in [1.29, 1.82) is 0 Å². The maximum atomic E-state index is 11.7. The van der Waals surface area contributed by atoms with Crippen molar-refractivity contribution in [3.63, 3.8) is 0 Å². The molecule has 1 rings (SSSR count). The molecule has 1 aromatic heterocycles. The summed E-state index contributed by atoms with van der Waals surface area (Å²) in [6.45, 7) is -0.140. The van der Waals surface area contributed by atoms with Gasteiger partial charge in [0.25, 0.3) is 0 Å². The Hall–Kier alpha value is -1.93. The van der Waals surface area contributed by atoms with E-state index in [-0.39, 0.29) is 6.54 Å². The van der Waals surface area contributed by atoms with Gasteiger partial charge in [0.15, 0.2) is 6.10 Å². The number of aryl methyl sites for hydroxylation is 1. The summed E-state index contributed by atoms with van der Waals surface area (Å²) in [6.07, 6.45) is 2.01. The summed E-state index contributed by atoms with van der Waals surface area (Å²) in [7, 11) is 2.96. The number of carboxylic acid groups (broad SMARTS) is 1. The van der Waals surface area contributed by atoms with E-state index in [4.69, 9.17) is 10.8 Å². The Bertz CT molecular complexity index is 431. The van der Waals surface area contributed by atoms with Gasteiger partial charge < -0.3 is 20.9 Å². The average molecular weight is 256 g/mol. The van der Waals surface area contributed by atoms with Gasteiger partial charge >= 0.3 is 5.97 Å². The van der Waals surface area contributed by atoms with Crippen LogP contribution < -0.4 is 11.1 Å². The van der Waals surface area contributed by atoms with Crippen LogP contribution in [0.2, 0.25) is 0 Å². The smallest absolute Gasteiger partial charge is 0.334 e. The lowest BCUT2D eigenvalue weighted by atomic mass is 10.1. The number of amides is 1. The van der Waals surface area contributed by atoms with Gasteiger partial charge in [0, 0.05) is 25.9 Å². The molecule has 2 atom stereocenters. The van der Waals surface area contributed by atoms with Gasteiger partial charge in [-0.15, -0.1) is 0 Å². The van der Waals surface area contributed by atoms with Crippen molar-refractivity contribution in [2.45, 2.75) is 12.1 Å². The fourth-order valence-corrected chi connectivity index (χ4v) is 1.33. The third kappa shape index (κ3) is 3.54. The summed E-state index contributed by atoms with van der Waals surface area (Å²) >= 11 is 0. The molecule has 0 aliphatic heterocycles. The molecule has 0 saturated carbocycles. The van der Waals surface area contributed by atoms with Crippen molar-refractivity contribution in [2.24, 2.45) is 12.8 Å². The zero-order chi connectivity index (χ0) is 13.7. The fraction of sp³-hybridized carbons (Fsp3) is 0.500. The summed E-state index contributed by atoms with van der Waals surface area (Å²) < 4.78 is 6.21. The van der Waals surface area contributed by atoms with Crippen LogP contribution in [0, 0.1) is 0 Å². The highest BCUT2D eigenvalue weighted by Gasteiger charge is 2.21. The van der Waals surface area contributed by atoms with E-state index in [0.29, 0.717) is 5.56 Å². The van der Waals surface area contributed by atoms with Crippen LogP contribution in [0.15, 0.2) is 12.4 Å². The molecule has 0 spiro atoms. The van der Waals surface area contributed by atoms with Gasteiger partial charge in [-0.3, -0.25) is 9.48 Å². The molecule has 2 unspecified atom stereocenters. The predicted octanol–water partition coefficient (Wildman–Crippen LogP) is -1.36. The van der Waals surface area contributed by atoms with Crippen molar-refractivity contribution in [3.8, 4) is 0 Å². The molecule has 0 aliphatic rings. The van der Waals surface area contributed by atoms with E-state index in [1.807, 2.05) is 0 Å². The minimum absolute atomic E-state index is 0.140. The number of hydrogen-bond acceptors (Lipinski definition) is 5. The van der Waals surface area contributed by atoms with E-state index >= 15 is 0 Å². The van der Waals surface area contributed by atoms with E-state index in [9.17, 15) is 9.59 Å². The number of rotatable bonds is 6. The standard InChI is InChI=1S/C10H16N4O4/c1-14-5-6(3-13-14)8(11)9(15)12-4-7(18-2)10(16)17/h3,5,7-8H,4,11H2,1-2H3,(H,12,15)(H,16,17). The Morgan fingerprint density at radius 3 is 2.78 bits per heavy atom. The van der Waals surface area contributed by atoms with E-state index in [2.05, 4.69) is 15.2 Å². The molecule has 1 heterocycles. The topological polar surface area (TPSA) is 119 Å². The largest absolute Gasteiger partial charge is 0.479 e. The Morgan fingerprint density at radius 2 is 2.33 bits per heavy atom.